The van der Waals surface area contributed by atoms with Crippen molar-refractivity contribution in [3.63, 3.8) is 0 Å². The first kappa shape index (κ1) is 29.5. The van der Waals surface area contributed by atoms with Crippen molar-refractivity contribution in [1.82, 2.24) is 0 Å². The Bertz CT molecular complexity index is 2220. The van der Waals surface area contributed by atoms with E-state index in [1.54, 1.807) is 0 Å². The Morgan fingerprint density at radius 1 is 0.292 bits per heavy atom. The molecule has 1 nitrogen and oxygen atoms in total. The minimum atomic E-state index is 0.752. The lowest BCUT2D eigenvalue weighted by Gasteiger charge is -2.26. The summed E-state index contributed by atoms with van der Waals surface area (Å²) >= 11 is 6.71. The van der Waals surface area contributed by atoms with Gasteiger partial charge in [-0.05, 0) is 92.2 Å². The second-order valence-corrected chi connectivity index (χ2v) is 12.3. The Morgan fingerprint density at radius 2 is 0.688 bits per heavy atom. The number of fused-ring (bicyclic) bond motifs is 1. The molecule has 0 aliphatic heterocycles. The molecule has 0 atom stereocenters. The fraction of sp³-hybridized carbons (Fsp3) is 0. The molecule has 0 N–H and O–H groups in total. The Labute approximate surface area is 287 Å². The maximum absolute atomic E-state index is 6.71. The summed E-state index contributed by atoms with van der Waals surface area (Å²) < 4.78 is 0. The van der Waals surface area contributed by atoms with Crippen LogP contribution in [0.15, 0.2) is 194 Å². The average molecular weight is 634 g/mol. The molecule has 0 aromatic heterocycles. The maximum Gasteiger partial charge on any atom is 0.0484 e. The summed E-state index contributed by atoms with van der Waals surface area (Å²) in [5.74, 6) is 0. The van der Waals surface area contributed by atoms with Gasteiger partial charge in [0.1, 0.15) is 0 Å². The highest BCUT2D eigenvalue weighted by Crippen LogP contribution is 2.41. The number of halogens is 1. The zero-order valence-corrected chi connectivity index (χ0v) is 27.1. The molecule has 0 heterocycles. The third-order valence-corrected chi connectivity index (χ3v) is 9.30. The second kappa shape index (κ2) is 13.1. The van der Waals surface area contributed by atoms with Crippen molar-refractivity contribution in [2.45, 2.75) is 0 Å². The van der Waals surface area contributed by atoms with Gasteiger partial charge in [0.05, 0.1) is 0 Å². The highest BCUT2D eigenvalue weighted by Gasteiger charge is 2.16. The predicted molar refractivity (Wildman–Crippen MR) is 205 cm³/mol. The summed E-state index contributed by atoms with van der Waals surface area (Å²) in [6, 6.07) is 68.7. The van der Waals surface area contributed by atoms with Crippen LogP contribution < -0.4 is 4.90 Å². The van der Waals surface area contributed by atoms with E-state index in [9.17, 15) is 0 Å². The number of benzene rings is 8. The molecule has 0 unspecified atom stereocenters. The zero-order chi connectivity index (χ0) is 32.3. The molecule has 0 aliphatic carbocycles. The molecule has 0 saturated carbocycles. The number of anilines is 3. The van der Waals surface area contributed by atoms with Gasteiger partial charge in [-0.3, -0.25) is 0 Å². The number of rotatable bonds is 7. The van der Waals surface area contributed by atoms with Gasteiger partial charge in [0, 0.05) is 27.6 Å². The summed E-state index contributed by atoms with van der Waals surface area (Å²) in [6.07, 6.45) is 0. The Kier molecular flexibility index (Phi) is 8.04. The van der Waals surface area contributed by atoms with E-state index in [-0.39, 0.29) is 0 Å². The van der Waals surface area contributed by atoms with Crippen LogP contribution in [0, 0.1) is 0 Å². The first-order valence-electron chi connectivity index (χ1n) is 16.2. The van der Waals surface area contributed by atoms with Gasteiger partial charge in [-0.2, -0.15) is 0 Å². The fourth-order valence-electron chi connectivity index (χ4n) is 6.59. The minimum absolute atomic E-state index is 0.752. The van der Waals surface area contributed by atoms with Crippen LogP contribution in [0.4, 0.5) is 17.1 Å². The van der Waals surface area contributed by atoms with Crippen molar-refractivity contribution in [2.75, 3.05) is 4.90 Å². The molecule has 228 valence electrons. The molecule has 8 rings (SSSR count). The highest BCUT2D eigenvalue weighted by molar-refractivity contribution is 6.34. The van der Waals surface area contributed by atoms with Gasteiger partial charge in [0.25, 0.3) is 0 Å². The third kappa shape index (κ3) is 5.77. The van der Waals surface area contributed by atoms with Crippen LogP contribution in [0.5, 0.6) is 0 Å². The van der Waals surface area contributed by atoms with Crippen LogP contribution in [0.3, 0.4) is 0 Å². The topological polar surface area (TPSA) is 3.24 Å². The Morgan fingerprint density at radius 3 is 1.19 bits per heavy atom. The lowest BCUT2D eigenvalue weighted by molar-refractivity contribution is 1.28. The van der Waals surface area contributed by atoms with Gasteiger partial charge in [0.2, 0.25) is 0 Å². The highest BCUT2D eigenvalue weighted by atomic mass is 35.5. The molecule has 0 radical (unpaired) electrons. The minimum Gasteiger partial charge on any atom is -0.311 e. The fourth-order valence-corrected chi connectivity index (χ4v) is 6.83. The van der Waals surface area contributed by atoms with Crippen molar-refractivity contribution in [3.05, 3.63) is 199 Å². The van der Waals surface area contributed by atoms with Crippen molar-refractivity contribution in [3.8, 4) is 44.5 Å². The Balaban J connectivity index is 1.21. The third-order valence-electron chi connectivity index (χ3n) is 8.97. The van der Waals surface area contributed by atoms with E-state index in [0.29, 0.717) is 0 Å². The molecular formula is C46H32ClN. The van der Waals surface area contributed by atoms with Crippen molar-refractivity contribution >= 4 is 39.4 Å². The molecule has 8 aromatic rings. The van der Waals surface area contributed by atoms with E-state index < -0.39 is 0 Å². The van der Waals surface area contributed by atoms with Gasteiger partial charge in [-0.15, -0.1) is 0 Å². The molecule has 0 fully saturated rings. The van der Waals surface area contributed by atoms with E-state index in [2.05, 4.69) is 181 Å². The molecule has 0 amide bonds. The summed E-state index contributed by atoms with van der Waals surface area (Å²) in [5.41, 5.74) is 12.6. The van der Waals surface area contributed by atoms with E-state index in [4.69, 9.17) is 11.6 Å². The van der Waals surface area contributed by atoms with Crippen LogP contribution in [0.1, 0.15) is 0 Å². The van der Waals surface area contributed by atoms with Gasteiger partial charge in [-0.25, -0.2) is 0 Å². The molecule has 2 heteroatoms. The molecule has 0 spiro atoms. The van der Waals surface area contributed by atoms with Crippen LogP contribution >= 0.6 is 11.6 Å². The van der Waals surface area contributed by atoms with Crippen LogP contribution in [-0.2, 0) is 0 Å². The van der Waals surface area contributed by atoms with Gasteiger partial charge in [-0.1, -0.05) is 163 Å². The number of nitrogens with zero attached hydrogens (tertiary/aromatic N) is 1. The summed E-state index contributed by atoms with van der Waals surface area (Å²) in [7, 11) is 0. The van der Waals surface area contributed by atoms with Crippen molar-refractivity contribution < 1.29 is 0 Å². The zero-order valence-electron chi connectivity index (χ0n) is 26.3. The predicted octanol–water partition coefficient (Wildman–Crippen LogP) is 13.6. The maximum atomic E-state index is 6.71. The van der Waals surface area contributed by atoms with E-state index in [0.717, 1.165) is 38.8 Å². The van der Waals surface area contributed by atoms with Crippen molar-refractivity contribution in [2.24, 2.45) is 0 Å². The van der Waals surface area contributed by atoms with Gasteiger partial charge in [0.15, 0.2) is 0 Å². The number of hydrogen-bond donors (Lipinski definition) is 0. The smallest absolute Gasteiger partial charge is 0.0484 e. The SMILES string of the molecule is Clc1ccccc1-c1cccc2cccc(-c3ccc(N(c4ccc(-c5ccccc5)cc4)c4ccc(-c5ccccc5)cc4)cc3)c12. The van der Waals surface area contributed by atoms with E-state index >= 15 is 0 Å². The lowest BCUT2D eigenvalue weighted by atomic mass is 9.91. The van der Waals surface area contributed by atoms with Crippen molar-refractivity contribution in [1.29, 1.82) is 0 Å². The summed E-state index contributed by atoms with van der Waals surface area (Å²) in [5, 5.41) is 3.14. The average Bonchev–Trinajstić information content (AvgIpc) is 3.16. The van der Waals surface area contributed by atoms with Crippen LogP contribution in [-0.4, -0.2) is 0 Å². The Hall–Kier alpha value is -5.89. The van der Waals surface area contributed by atoms with E-state index in [1.165, 1.54) is 38.6 Å². The largest absolute Gasteiger partial charge is 0.311 e. The molecule has 0 saturated heterocycles. The van der Waals surface area contributed by atoms with Crippen LogP contribution in [0.25, 0.3) is 55.3 Å². The lowest BCUT2D eigenvalue weighted by Crippen LogP contribution is -2.09. The summed E-state index contributed by atoms with van der Waals surface area (Å²) in [6.45, 7) is 0. The second-order valence-electron chi connectivity index (χ2n) is 11.9. The van der Waals surface area contributed by atoms with Gasteiger partial charge >= 0.3 is 0 Å². The standard InChI is InChI=1S/C46H32ClN/c47-45-20-8-7-17-43(45)44-19-10-16-38-15-9-18-42(46(38)44)37-25-31-41(32-26-37)48(39-27-21-35(22-28-39)33-11-3-1-4-12-33)40-29-23-36(24-30-40)34-13-5-2-6-14-34/h1-32H. The molecular weight excluding hydrogens is 602 g/mol. The normalized spacial score (nSPS) is 11.0. The number of hydrogen-bond acceptors (Lipinski definition) is 1. The first-order valence-corrected chi connectivity index (χ1v) is 16.6. The monoisotopic (exact) mass is 633 g/mol. The molecule has 0 bridgehead atoms. The molecule has 48 heavy (non-hydrogen) atoms. The molecule has 8 aromatic carbocycles. The van der Waals surface area contributed by atoms with E-state index in [1.807, 2.05) is 18.2 Å². The first-order chi connectivity index (χ1) is 23.7. The quantitative estimate of drug-likeness (QED) is 0.169. The summed E-state index contributed by atoms with van der Waals surface area (Å²) in [4.78, 5) is 2.32. The van der Waals surface area contributed by atoms with Gasteiger partial charge < -0.3 is 4.90 Å². The van der Waals surface area contributed by atoms with Crippen LogP contribution in [0.2, 0.25) is 5.02 Å². The molecule has 0 aliphatic rings.